The molecule has 0 aromatic carbocycles. The van der Waals surface area contributed by atoms with E-state index in [9.17, 15) is 9.90 Å². The summed E-state index contributed by atoms with van der Waals surface area (Å²) in [6.45, 7) is 0.443. The number of nitrogens with zero attached hydrogens (tertiary/aromatic N) is 1. The van der Waals surface area contributed by atoms with Crippen LogP contribution in [0.1, 0.15) is 50.5 Å². The highest BCUT2D eigenvalue weighted by atomic mass is 16.5. The van der Waals surface area contributed by atoms with Gasteiger partial charge in [0.2, 0.25) is 11.8 Å². The van der Waals surface area contributed by atoms with Crippen molar-refractivity contribution in [3.8, 4) is 5.88 Å². The van der Waals surface area contributed by atoms with Crippen molar-refractivity contribution in [2.24, 2.45) is 5.92 Å². The van der Waals surface area contributed by atoms with Gasteiger partial charge in [0.1, 0.15) is 6.10 Å². The normalized spacial score (nSPS) is 25.3. The maximum absolute atomic E-state index is 12.0. The molecule has 0 saturated heterocycles. The van der Waals surface area contributed by atoms with Gasteiger partial charge < -0.3 is 15.2 Å². The van der Waals surface area contributed by atoms with Gasteiger partial charge in [-0.2, -0.15) is 0 Å². The van der Waals surface area contributed by atoms with Crippen LogP contribution in [0, 0.1) is 5.92 Å². The first kappa shape index (κ1) is 15.3. The van der Waals surface area contributed by atoms with Gasteiger partial charge >= 0.3 is 0 Å². The lowest BCUT2D eigenvalue weighted by molar-refractivity contribution is -0.127. The Morgan fingerprint density at radius 3 is 2.68 bits per heavy atom. The molecule has 1 aromatic heterocycles. The van der Waals surface area contributed by atoms with Gasteiger partial charge in [0.15, 0.2) is 0 Å². The van der Waals surface area contributed by atoms with Crippen molar-refractivity contribution in [2.45, 2.75) is 63.7 Å². The highest BCUT2D eigenvalue weighted by Crippen LogP contribution is 2.26. The summed E-state index contributed by atoms with van der Waals surface area (Å²) in [5.41, 5.74) is 0.944. The zero-order valence-electron chi connectivity index (χ0n) is 12.8. The number of aliphatic hydroxyl groups is 1. The van der Waals surface area contributed by atoms with Crippen LogP contribution in [-0.4, -0.2) is 28.2 Å². The minimum Gasteiger partial charge on any atom is -0.474 e. The maximum Gasteiger partial charge on any atom is 0.225 e. The number of hydrogen-bond acceptors (Lipinski definition) is 4. The molecule has 2 N–H and O–H groups in total. The molecule has 0 radical (unpaired) electrons. The van der Waals surface area contributed by atoms with Crippen LogP contribution in [0.2, 0.25) is 0 Å². The van der Waals surface area contributed by atoms with E-state index in [0.717, 1.165) is 37.7 Å². The van der Waals surface area contributed by atoms with E-state index in [-0.39, 0.29) is 11.8 Å². The molecule has 1 aromatic rings. The van der Waals surface area contributed by atoms with Crippen LogP contribution in [0.3, 0.4) is 0 Å². The molecule has 2 saturated carbocycles. The predicted octanol–water partition coefficient (Wildman–Crippen LogP) is 2.18. The zero-order valence-corrected chi connectivity index (χ0v) is 12.8. The standard InChI is InChI=1S/C17H24N2O3/c20-15-7-3-6-14(15)17(21)19-11-12-8-9-16(18-10-12)22-13-4-1-2-5-13/h8-10,13-15,20H,1-7,11H2,(H,19,21). The van der Waals surface area contributed by atoms with E-state index in [1.54, 1.807) is 6.20 Å². The SMILES string of the molecule is O=C(NCc1ccc(OC2CCCC2)nc1)C1CCCC1O. The van der Waals surface area contributed by atoms with E-state index in [1.165, 1.54) is 12.8 Å². The van der Waals surface area contributed by atoms with Crippen LogP contribution >= 0.6 is 0 Å². The molecule has 1 amide bonds. The highest BCUT2D eigenvalue weighted by molar-refractivity contribution is 5.79. The molecule has 3 rings (SSSR count). The third-order valence-electron chi connectivity index (χ3n) is 4.67. The molecule has 0 aliphatic heterocycles. The number of nitrogens with one attached hydrogen (secondary N) is 1. The molecule has 2 unspecified atom stereocenters. The summed E-state index contributed by atoms with van der Waals surface area (Å²) in [6, 6.07) is 3.80. The number of pyridine rings is 1. The fourth-order valence-corrected chi connectivity index (χ4v) is 3.33. The van der Waals surface area contributed by atoms with Crippen LogP contribution in [0.4, 0.5) is 0 Å². The number of rotatable bonds is 5. The first-order valence-electron chi connectivity index (χ1n) is 8.30. The Kier molecular flexibility index (Phi) is 4.93. The summed E-state index contributed by atoms with van der Waals surface area (Å²) < 4.78 is 5.82. The molecule has 5 nitrogen and oxygen atoms in total. The van der Waals surface area contributed by atoms with Gasteiger partial charge in [0, 0.05) is 18.8 Å². The van der Waals surface area contributed by atoms with Crippen molar-refractivity contribution in [2.75, 3.05) is 0 Å². The number of aliphatic hydroxyl groups excluding tert-OH is 1. The van der Waals surface area contributed by atoms with Crippen LogP contribution in [0.5, 0.6) is 5.88 Å². The minimum atomic E-state index is -0.486. The Morgan fingerprint density at radius 1 is 1.23 bits per heavy atom. The molecule has 5 heteroatoms. The Labute approximate surface area is 131 Å². The molecule has 120 valence electrons. The number of aromatic nitrogens is 1. The number of carbonyl (C=O) groups is 1. The first-order valence-corrected chi connectivity index (χ1v) is 8.30. The van der Waals surface area contributed by atoms with Gasteiger partial charge in [-0.3, -0.25) is 4.79 Å². The van der Waals surface area contributed by atoms with E-state index >= 15 is 0 Å². The van der Waals surface area contributed by atoms with Gasteiger partial charge in [0.25, 0.3) is 0 Å². The second kappa shape index (κ2) is 7.09. The Morgan fingerprint density at radius 2 is 2.05 bits per heavy atom. The molecule has 2 aliphatic carbocycles. The Bertz CT molecular complexity index is 497. The molecular formula is C17H24N2O3. The monoisotopic (exact) mass is 304 g/mol. The molecule has 0 bridgehead atoms. The number of carbonyl (C=O) groups excluding carboxylic acids is 1. The lowest BCUT2D eigenvalue weighted by Crippen LogP contribution is -2.34. The molecule has 2 atom stereocenters. The van der Waals surface area contributed by atoms with E-state index in [1.807, 2.05) is 12.1 Å². The summed E-state index contributed by atoms with van der Waals surface area (Å²) in [5, 5.41) is 12.6. The lowest BCUT2D eigenvalue weighted by atomic mass is 10.1. The first-order chi connectivity index (χ1) is 10.7. The minimum absolute atomic E-state index is 0.0590. The quantitative estimate of drug-likeness (QED) is 0.874. The third-order valence-corrected chi connectivity index (χ3v) is 4.67. The number of ether oxygens (including phenoxy) is 1. The molecule has 2 fully saturated rings. The average molecular weight is 304 g/mol. The molecule has 0 spiro atoms. The molecule has 22 heavy (non-hydrogen) atoms. The van der Waals surface area contributed by atoms with Crippen molar-refractivity contribution in [3.63, 3.8) is 0 Å². The largest absolute Gasteiger partial charge is 0.474 e. The van der Waals surface area contributed by atoms with Crippen LogP contribution in [0.15, 0.2) is 18.3 Å². The van der Waals surface area contributed by atoms with Gasteiger partial charge in [-0.05, 0) is 50.5 Å². The topological polar surface area (TPSA) is 71.5 Å². The van der Waals surface area contributed by atoms with E-state index in [2.05, 4.69) is 10.3 Å². The highest BCUT2D eigenvalue weighted by Gasteiger charge is 2.31. The maximum atomic E-state index is 12.0. The van der Waals surface area contributed by atoms with Crippen LogP contribution in [-0.2, 0) is 11.3 Å². The second-order valence-corrected chi connectivity index (χ2v) is 6.35. The fourth-order valence-electron chi connectivity index (χ4n) is 3.33. The Balaban J connectivity index is 1.47. The van der Waals surface area contributed by atoms with E-state index in [0.29, 0.717) is 18.5 Å². The van der Waals surface area contributed by atoms with Gasteiger partial charge in [0.05, 0.1) is 12.0 Å². The lowest BCUT2D eigenvalue weighted by Gasteiger charge is -2.15. The average Bonchev–Trinajstić information content (AvgIpc) is 3.18. The van der Waals surface area contributed by atoms with Crippen molar-refractivity contribution in [3.05, 3.63) is 23.9 Å². The summed E-state index contributed by atoms with van der Waals surface area (Å²) in [4.78, 5) is 16.3. The third kappa shape index (κ3) is 3.77. The molecule has 2 aliphatic rings. The van der Waals surface area contributed by atoms with E-state index < -0.39 is 6.10 Å². The Hall–Kier alpha value is -1.62. The van der Waals surface area contributed by atoms with Gasteiger partial charge in [-0.25, -0.2) is 4.98 Å². The summed E-state index contributed by atoms with van der Waals surface area (Å²) in [5.74, 6) is 0.349. The van der Waals surface area contributed by atoms with Gasteiger partial charge in [-0.1, -0.05) is 6.07 Å². The zero-order chi connectivity index (χ0) is 15.4. The summed E-state index contributed by atoms with van der Waals surface area (Å²) in [7, 11) is 0. The predicted molar refractivity (Wildman–Crippen MR) is 82.3 cm³/mol. The number of amides is 1. The summed E-state index contributed by atoms with van der Waals surface area (Å²) in [6.07, 6.45) is 8.70. The van der Waals surface area contributed by atoms with Crippen molar-refractivity contribution < 1.29 is 14.6 Å². The van der Waals surface area contributed by atoms with Crippen molar-refractivity contribution >= 4 is 5.91 Å². The van der Waals surface area contributed by atoms with Gasteiger partial charge in [-0.15, -0.1) is 0 Å². The fraction of sp³-hybridized carbons (Fsp3) is 0.647. The smallest absolute Gasteiger partial charge is 0.225 e. The molecular weight excluding hydrogens is 280 g/mol. The van der Waals surface area contributed by atoms with Crippen molar-refractivity contribution in [1.82, 2.24) is 10.3 Å². The van der Waals surface area contributed by atoms with E-state index in [4.69, 9.17) is 4.74 Å². The second-order valence-electron chi connectivity index (χ2n) is 6.35. The van der Waals surface area contributed by atoms with Crippen LogP contribution in [0.25, 0.3) is 0 Å². The van der Waals surface area contributed by atoms with Crippen LogP contribution < -0.4 is 10.1 Å². The summed E-state index contributed by atoms with van der Waals surface area (Å²) >= 11 is 0. The van der Waals surface area contributed by atoms with Crippen molar-refractivity contribution in [1.29, 1.82) is 0 Å². The number of hydrogen-bond donors (Lipinski definition) is 2. The molecule has 1 heterocycles.